The zero-order valence-electron chi connectivity index (χ0n) is 19.5. The molecule has 0 radical (unpaired) electrons. The topological polar surface area (TPSA) is 161 Å². The minimum absolute atomic E-state index is 0.488. The number of benzene rings is 1. The number of hydrogen-bond donors (Lipinski definition) is 1. The summed E-state index contributed by atoms with van der Waals surface area (Å²) in [5.41, 5.74) is 0.489. The average Bonchev–Trinajstić information content (AvgIpc) is 2.76. The highest BCUT2D eigenvalue weighted by atomic mass is 16.7. The van der Waals surface area contributed by atoms with Gasteiger partial charge >= 0.3 is 29.8 Å². The van der Waals surface area contributed by atoms with Gasteiger partial charge in [-0.15, -0.1) is 0 Å². The maximum atomic E-state index is 12.6. The second-order valence-electron chi connectivity index (χ2n) is 7.41. The minimum Gasteiger partial charge on any atom is -0.502 e. The highest BCUT2D eigenvalue weighted by molar-refractivity contribution is 5.91. The lowest BCUT2D eigenvalue weighted by Crippen LogP contribution is -2.63. The van der Waals surface area contributed by atoms with Crippen LogP contribution in [0.5, 0.6) is 0 Å². The van der Waals surface area contributed by atoms with Gasteiger partial charge < -0.3 is 33.5 Å². The van der Waals surface area contributed by atoms with Crippen LogP contribution in [0.1, 0.15) is 33.3 Å². The molecule has 12 heteroatoms. The Kier molecular flexibility index (Phi) is 9.76. The van der Waals surface area contributed by atoms with Crippen molar-refractivity contribution in [3.63, 3.8) is 0 Å². The molecule has 5 atom stereocenters. The summed E-state index contributed by atoms with van der Waals surface area (Å²) in [6.45, 7) is 3.81. The highest BCUT2D eigenvalue weighted by Crippen LogP contribution is 2.30. The maximum absolute atomic E-state index is 12.6. The number of carbonyl (C=O) groups is 5. The molecule has 1 aromatic rings. The third kappa shape index (κ3) is 8.41. The number of esters is 5. The van der Waals surface area contributed by atoms with Gasteiger partial charge in [0.1, 0.15) is 12.7 Å². The second-order valence-corrected chi connectivity index (χ2v) is 7.41. The first-order chi connectivity index (χ1) is 16.5. The fourth-order valence-corrected chi connectivity index (χ4v) is 3.22. The first-order valence-corrected chi connectivity index (χ1v) is 10.4. The Hall–Kier alpha value is -3.93. The van der Waals surface area contributed by atoms with Crippen molar-refractivity contribution in [2.45, 2.75) is 58.4 Å². The molecule has 12 nitrogen and oxygen atoms in total. The summed E-state index contributed by atoms with van der Waals surface area (Å²) in [4.78, 5) is 59.2. The van der Waals surface area contributed by atoms with E-state index in [1.165, 1.54) is 0 Å². The molecule has 1 aliphatic heterocycles. The van der Waals surface area contributed by atoms with Crippen LogP contribution in [0.4, 0.5) is 0 Å². The van der Waals surface area contributed by atoms with Crippen molar-refractivity contribution in [1.82, 2.24) is 0 Å². The standard InChI is InChI=1S/C23H26O12/c1-12(24)30-11-18-19(31-13(2)25)20(32-14(3)26)21(33-15(4)27)23(34-18)35-22(29)17(28)10-16-8-6-5-7-9-16/h5-10,18-21,23,28H,11H2,1-4H3/b17-10-/t18-,19-,20+,21-,23+/m1/s1. The molecule has 0 bridgehead atoms. The Morgan fingerprint density at radius 3 is 1.89 bits per heavy atom. The molecule has 0 saturated carbocycles. The predicted octanol–water partition coefficient (Wildman–Crippen LogP) is 1.21. The largest absolute Gasteiger partial charge is 0.502 e. The van der Waals surface area contributed by atoms with E-state index in [9.17, 15) is 29.1 Å². The van der Waals surface area contributed by atoms with E-state index < -0.39 is 72.9 Å². The molecule has 1 heterocycles. The number of aliphatic hydroxyl groups excluding tert-OH is 1. The lowest BCUT2D eigenvalue weighted by atomic mass is 9.98. The molecule has 0 aromatic heterocycles. The van der Waals surface area contributed by atoms with Crippen molar-refractivity contribution >= 4 is 35.9 Å². The monoisotopic (exact) mass is 494 g/mol. The van der Waals surface area contributed by atoms with Crippen LogP contribution in [0.15, 0.2) is 36.1 Å². The van der Waals surface area contributed by atoms with E-state index in [2.05, 4.69) is 0 Å². The second kappa shape index (κ2) is 12.5. The quantitative estimate of drug-likeness (QED) is 0.238. The molecule has 1 fully saturated rings. The van der Waals surface area contributed by atoms with Crippen LogP contribution >= 0.6 is 0 Å². The van der Waals surface area contributed by atoms with Gasteiger partial charge in [-0.05, 0) is 11.6 Å². The molecule has 0 spiro atoms. The summed E-state index contributed by atoms with van der Waals surface area (Å²) in [6, 6.07) is 8.35. The first-order valence-electron chi connectivity index (χ1n) is 10.4. The Bertz CT molecular complexity index is 970. The number of carbonyl (C=O) groups excluding carboxylic acids is 5. The molecule has 0 amide bonds. The van der Waals surface area contributed by atoms with Crippen molar-refractivity contribution in [1.29, 1.82) is 0 Å². The van der Waals surface area contributed by atoms with Gasteiger partial charge in [0, 0.05) is 27.7 Å². The molecule has 1 N–H and O–H groups in total. The zero-order valence-corrected chi connectivity index (χ0v) is 19.5. The van der Waals surface area contributed by atoms with Crippen LogP contribution in [0.25, 0.3) is 6.08 Å². The Balaban J connectivity index is 2.41. The molecule has 0 aliphatic carbocycles. The van der Waals surface area contributed by atoms with Crippen molar-refractivity contribution < 1.29 is 57.5 Å². The summed E-state index contributed by atoms with van der Waals surface area (Å²) in [7, 11) is 0. The maximum Gasteiger partial charge on any atom is 0.375 e. The SMILES string of the molecule is CC(=O)OC[C@H]1O[C@@H](OC(=O)/C(O)=C/c2ccccc2)[C@H](OC(C)=O)[C@@H](OC(C)=O)[C@@H]1OC(C)=O. The summed E-state index contributed by atoms with van der Waals surface area (Å²) in [6.07, 6.45) is -6.40. The number of hydrogen-bond acceptors (Lipinski definition) is 12. The first kappa shape index (κ1) is 27.3. The predicted molar refractivity (Wildman–Crippen MR) is 115 cm³/mol. The van der Waals surface area contributed by atoms with Gasteiger partial charge in [-0.3, -0.25) is 19.2 Å². The lowest BCUT2D eigenvalue weighted by molar-refractivity contribution is -0.300. The Labute approximate surface area is 200 Å². The van der Waals surface area contributed by atoms with E-state index in [0.717, 1.165) is 33.8 Å². The summed E-state index contributed by atoms with van der Waals surface area (Å²) < 4.78 is 31.4. The van der Waals surface area contributed by atoms with Gasteiger partial charge in [0.2, 0.25) is 18.2 Å². The Morgan fingerprint density at radius 2 is 1.34 bits per heavy atom. The third-order valence-corrected chi connectivity index (χ3v) is 4.48. The minimum atomic E-state index is -1.74. The van der Waals surface area contributed by atoms with E-state index in [1.54, 1.807) is 30.3 Å². The molecule has 1 aromatic carbocycles. The zero-order chi connectivity index (χ0) is 26.1. The van der Waals surface area contributed by atoms with Crippen LogP contribution in [-0.4, -0.2) is 72.3 Å². The van der Waals surface area contributed by atoms with Gasteiger partial charge in [-0.1, -0.05) is 30.3 Å². The fraction of sp³-hybridized carbons (Fsp3) is 0.435. The van der Waals surface area contributed by atoms with Gasteiger partial charge in [0.25, 0.3) is 0 Å². The molecule has 1 aliphatic rings. The summed E-state index contributed by atoms with van der Waals surface area (Å²) in [5, 5.41) is 10.2. The van der Waals surface area contributed by atoms with Gasteiger partial charge in [0.15, 0.2) is 12.2 Å². The van der Waals surface area contributed by atoms with Gasteiger partial charge in [-0.25, -0.2) is 4.79 Å². The molecule has 0 unspecified atom stereocenters. The average molecular weight is 494 g/mol. The van der Waals surface area contributed by atoms with E-state index in [0.29, 0.717) is 5.56 Å². The third-order valence-electron chi connectivity index (χ3n) is 4.48. The van der Waals surface area contributed by atoms with Gasteiger partial charge in [0.05, 0.1) is 0 Å². The van der Waals surface area contributed by atoms with Crippen molar-refractivity contribution in [3.05, 3.63) is 41.7 Å². The highest BCUT2D eigenvalue weighted by Gasteiger charge is 2.53. The van der Waals surface area contributed by atoms with E-state index in [4.69, 9.17) is 28.4 Å². The van der Waals surface area contributed by atoms with Crippen LogP contribution in [0, 0.1) is 0 Å². The van der Waals surface area contributed by atoms with E-state index in [1.807, 2.05) is 0 Å². The number of rotatable bonds is 8. The molecule has 1 saturated heterocycles. The molecular weight excluding hydrogens is 468 g/mol. The van der Waals surface area contributed by atoms with Crippen molar-refractivity contribution in [2.75, 3.05) is 6.61 Å². The number of aliphatic hydroxyl groups is 1. The molecule has 2 rings (SSSR count). The van der Waals surface area contributed by atoms with Crippen molar-refractivity contribution in [2.24, 2.45) is 0 Å². The van der Waals surface area contributed by atoms with E-state index in [-0.39, 0.29) is 0 Å². The summed E-state index contributed by atoms with van der Waals surface area (Å²) in [5.74, 6) is -5.25. The molecule has 35 heavy (non-hydrogen) atoms. The summed E-state index contributed by atoms with van der Waals surface area (Å²) >= 11 is 0. The molecular formula is C23H26O12. The molecule has 190 valence electrons. The fourth-order valence-electron chi connectivity index (χ4n) is 3.22. The Morgan fingerprint density at radius 1 is 0.800 bits per heavy atom. The van der Waals surface area contributed by atoms with Crippen LogP contribution in [-0.2, 0) is 52.4 Å². The van der Waals surface area contributed by atoms with Crippen LogP contribution in [0.2, 0.25) is 0 Å². The number of ether oxygens (including phenoxy) is 6. The normalized spacial score (nSPS) is 24.0. The van der Waals surface area contributed by atoms with Crippen LogP contribution < -0.4 is 0 Å². The van der Waals surface area contributed by atoms with E-state index >= 15 is 0 Å². The lowest BCUT2D eigenvalue weighted by Gasteiger charge is -2.43. The smallest absolute Gasteiger partial charge is 0.375 e. The van der Waals surface area contributed by atoms with Crippen LogP contribution in [0.3, 0.4) is 0 Å². The van der Waals surface area contributed by atoms with Crippen molar-refractivity contribution in [3.8, 4) is 0 Å². The van der Waals surface area contributed by atoms with Gasteiger partial charge in [-0.2, -0.15) is 0 Å².